The van der Waals surface area contributed by atoms with Crippen LogP contribution >= 0.6 is 12.2 Å². The minimum absolute atomic E-state index is 0.218. The van der Waals surface area contributed by atoms with Crippen LogP contribution < -0.4 is 20.1 Å². The second-order valence-electron chi connectivity index (χ2n) is 5.75. The summed E-state index contributed by atoms with van der Waals surface area (Å²) in [4.78, 5) is 12.1. The lowest BCUT2D eigenvalue weighted by Gasteiger charge is -2.10. The maximum Gasteiger partial charge on any atom is 0.250 e. The van der Waals surface area contributed by atoms with Gasteiger partial charge in [-0.25, -0.2) is 0 Å². The van der Waals surface area contributed by atoms with Crippen molar-refractivity contribution < 1.29 is 14.3 Å². The number of hydrogen-bond acceptors (Lipinski definition) is 4. The summed E-state index contributed by atoms with van der Waals surface area (Å²) in [5, 5.41) is 5.82. The molecule has 142 valence electrons. The number of unbranched alkanes of at least 4 members (excludes halogenated alkanes) is 1. The van der Waals surface area contributed by atoms with Crippen molar-refractivity contribution in [1.82, 2.24) is 5.32 Å². The van der Waals surface area contributed by atoms with E-state index in [9.17, 15) is 4.79 Å². The fraction of sp³-hybridized carbons (Fsp3) is 0.238. The van der Waals surface area contributed by atoms with Crippen molar-refractivity contribution in [3.05, 3.63) is 60.2 Å². The van der Waals surface area contributed by atoms with Crippen LogP contribution in [0.2, 0.25) is 0 Å². The molecular weight excluding hydrogens is 360 g/mol. The number of carbonyl (C=O) groups excluding carboxylic acids is 1. The Bertz CT molecular complexity index is 806. The van der Waals surface area contributed by atoms with E-state index in [1.807, 2.05) is 48.5 Å². The van der Waals surface area contributed by atoms with E-state index in [0.29, 0.717) is 12.4 Å². The van der Waals surface area contributed by atoms with Gasteiger partial charge in [-0.2, -0.15) is 0 Å². The summed E-state index contributed by atoms with van der Waals surface area (Å²) in [5.74, 6) is 1.13. The zero-order valence-corrected chi connectivity index (χ0v) is 16.3. The molecule has 1 amide bonds. The average Bonchev–Trinajstić information content (AvgIpc) is 2.67. The highest BCUT2D eigenvalue weighted by molar-refractivity contribution is 7.80. The van der Waals surface area contributed by atoms with Crippen LogP contribution in [0.3, 0.4) is 0 Å². The third kappa shape index (κ3) is 7.11. The van der Waals surface area contributed by atoms with E-state index in [1.165, 1.54) is 6.08 Å². The number of methoxy groups -OCH3 is 1. The van der Waals surface area contributed by atoms with Crippen molar-refractivity contribution in [2.24, 2.45) is 0 Å². The van der Waals surface area contributed by atoms with Crippen molar-refractivity contribution in [2.75, 3.05) is 19.0 Å². The zero-order chi connectivity index (χ0) is 19.5. The van der Waals surface area contributed by atoms with Crippen LogP contribution in [0.1, 0.15) is 25.3 Å². The second-order valence-corrected chi connectivity index (χ2v) is 6.16. The fourth-order valence-corrected chi connectivity index (χ4v) is 2.50. The summed E-state index contributed by atoms with van der Waals surface area (Å²) in [7, 11) is 1.59. The largest absolute Gasteiger partial charge is 0.496 e. The van der Waals surface area contributed by atoms with E-state index < -0.39 is 0 Å². The highest BCUT2D eigenvalue weighted by Crippen LogP contribution is 2.19. The molecule has 5 nitrogen and oxygen atoms in total. The number of carbonyl (C=O) groups is 1. The third-order valence-electron chi connectivity index (χ3n) is 3.65. The van der Waals surface area contributed by atoms with Crippen molar-refractivity contribution >= 4 is 35.0 Å². The summed E-state index contributed by atoms with van der Waals surface area (Å²) >= 11 is 5.20. The minimum atomic E-state index is -0.325. The zero-order valence-electron chi connectivity index (χ0n) is 15.5. The van der Waals surface area contributed by atoms with Crippen LogP contribution in [-0.4, -0.2) is 24.7 Å². The van der Waals surface area contributed by atoms with Crippen LogP contribution in [-0.2, 0) is 4.79 Å². The molecule has 0 spiro atoms. The maximum absolute atomic E-state index is 12.1. The molecule has 0 heterocycles. The first-order valence-corrected chi connectivity index (χ1v) is 9.19. The minimum Gasteiger partial charge on any atom is -0.496 e. The van der Waals surface area contributed by atoms with Crippen molar-refractivity contribution in [1.29, 1.82) is 0 Å². The number of anilines is 1. The van der Waals surface area contributed by atoms with Gasteiger partial charge in [-0.3, -0.25) is 10.1 Å². The number of thiocarbonyl (C=S) groups is 1. The molecule has 2 aromatic rings. The standard InChI is InChI=1S/C21H24N2O3S/c1-3-4-14-26-18-10-7-9-17(15-18)22-21(27)23-20(24)13-12-16-8-5-6-11-19(16)25-2/h5-13,15H,3-4,14H2,1-2H3,(H2,22,23,24,27)/b13-12+. The molecule has 0 fully saturated rings. The number of para-hydroxylation sites is 1. The monoisotopic (exact) mass is 384 g/mol. The van der Waals surface area contributed by atoms with Gasteiger partial charge in [0.2, 0.25) is 5.91 Å². The van der Waals surface area contributed by atoms with Crippen LogP contribution in [0.15, 0.2) is 54.6 Å². The second kappa shape index (κ2) is 11.0. The maximum atomic E-state index is 12.1. The van der Waals surface area contributed by atoms with Crippen LogP contribution in [0, 0.1) is 0 Å². The van der Waals surface area contributed by atoms with E-state index in [-0.39, 0.29) is 11.0 Å². The van der Waals surface area contributed by atoms with Crippen molar-refractivity contribution in [3.63, 3.8) is 0 Å². The average molecular weight is 385 g/mol. The Morgan fingerprint density at radius 2 is 2.00 bits per heavy atom. The molecule has 2 aromatic carbocycles. The number of rotatable bonds is 8. The van der Waals surface area contributed by atoms with E-state index >= 15 is 0 Å². The van der Waals surface area contributed by atoms with Gasteiger partial charge in [0.25, 0.3) is 0 Å². The lowest BCUT2D eigenvalue weighted by Crippen LogP contribution is -2.32. The molecule has 0 aliphatic carbocycles. The van der Waals surface area contributed by atoms with Gasteiger partial charge >= 0.3 is 0 Å². The summed E-state index contributed by atoms with van der Waals surface area (Å²) in [6.07, 6.45) is 5.18. The Hall–Kier alpha value is -2.86. The molecular formula is C21H24N2O3S. The molecule has 0 bridgehead atoms. The molecule has 0 aromatic heterocycles. The van der Waals surface area contributed by atoms with Gasteiger partial charge in [-0.1, -0.05) is 37.6 Å². The number of amides is 1. The normalized spacial score (nSPS) is 10.4. The van der Waals surface area contributed by atoms with Gasteiger partial charge in [0, 0.05) is 23.4 Å². The molecule has 0 saturated heterocycles. The Labute approximate surface area is 165 Å². The molecule has 27 heavy (non-hydrogen) atoms. The van der Waals surface area contributed by atoms with Crippen molar-refractivity contribution in [3.8, 4) is 11.5 Å². The quantitative estimate of drug-likeness (QED) is 0.401. The topological polar surface area (TPSA) is 59.6 Å². The highest BCUT2D eigenvalue weighted by atomic mass is 32.1. The molecule has 2 rings (SSSR count). The van der Waals surface area contributed by atoms with Gasteiger partial charge < -0.3 is 14.8 Å². The summed E-state index contributed by atoms with van der Waals surface area (Å²) in [6, 6.07) is 14.9. The van der Waals surface area contributed by atoms with Crippen LogP contribution in [0.4, 0.5) is 5.69 Å². The molecule has 6 heteroatoms. The van der Waals surface area contributed by atoms with Gasteiger partial charge in [0.05, 0.1) is 13.7 Å². The summed E-state index contributed by atoms with van der Waals surface area (Å²) < 4.78 is 10.9. The van der Waals surface area contributed by atoms with Crippen LogP contribution in [0.5, 0.6) is 11.5 Å². The Balaban J connectivity index is 1.88. The first-order valence-electron chi connectivity index (χ1n) is 8.78. The summed E-state index contributed by atoms with van der Waals surface area (Å²) in [6.45, 7) is 2.79. The van der Waals surface area contributed by atoms with Crippen LogP contribution in [0.25, 0.3) is 6.08 Å². The van der Waals surface area contributed by atoms with Gasteiger partial charge in [-0.05, 0) is 42.9 Å². The predicted molar refractivity (Wildman–Crippen MR) is 113 cm³/mol. The van der Waals surface area contributed by atoms with E-state index in [1.54, 1.807) is 13.2 Å². The summed E-state index contributed by atoms with van der Waals surface area (Å²) in [5.41, 5.74) is 1.56. The molecule has 0 aliphatic rings. The molecule has 0 atom stereocenters. The molecule has 2 N–H and O–H groups in total. The SMILES string of the molecule is CCCCOc1cccc(NC(=S)NC(=O)/C=C/c2ccccc2OC)c1. The Morgan fingerprint density at radius 1 is 1.19 bits per heavy atom. The number of ether oxygens (including phenoxy) is 2. The molecule has 0 aliphatic heterocycles. The molecule has 0 saturated carbocycles. The van der Waals surface area contributed by atoms with Gasteiger partial charge in [0.15, 0.2) is 5.11 Å². The lowest BCUT2D eigenvalue weighted by atomic mass is 10.2. The van der Waals surface area contributed by atoms with E-state index in [4.69, 9.17) is 21.7 Å². The van der Waals surface area contributed by atoms with E-state index in [0.717, 1.165) is 29.8 Å². The third-order valence-corrected chi connectivity index (χ3v) is 3.85. The van der Waals surface area contributed by atoms with E-state index in [2.05, 4.69) is 17.6 Å². The fourth-order valence-electron chi connectivity index (χ4n) is 2.28. The highest BCUT2D eigenvalue weighted by Gasteiger charge is 2.04. The smallest absolute Gasteiger partial charge is 0.250 e. The Kier molecular flexibility index (Phi) is 8.32. The molecule has 0 unspecified atom stereocenters. The van der Waals surface area contributed by atoms with Crippen molar-refractivity contribution in [2.45, 2.75) is 19.8 Å². The Morgan fingerprint density at radius 3 is 2.78 bits per heavy atom. The number of benzene rings is 2. The van der Waals surface area contributed by atoms with Gasteiger partial charge in [-0.15, -0.1) is 0 Å². The number of nitrogens with one attached hydrogen (secondary N) is 2. The first kappa shape index (κ1) is 20.5. The predicted octanol–water partition coefficient (Wildman–Crippen LogP) is 4.40. The van der Waals surface area contributed by atoms with Gasteiger partial charge in [0.1, 0.15) is 11.5 Å². The molecule has 0 radical (unpaired) electrons. The first-order chi connectivity index (χ1) is 13.1. The lowest BCUT2D eigenvalue weighted by molar-refractivity contribution is -0.115. The number of hydrogen-bond donors (Lipinski definition) is 2.